The number of carbonyl (C=O) groups is 1. The van der Waals surface area contributed by atoms with E-state index in [1.807, 2.05) is 0 Å². The number of nitrogens with one attached hydrogen (secondary N) is 1. The Kier molecular flexibility index (Phi) is 3.24. The standard InChI is InChI=1S/C11H11N3O2S/c12-9-3-1-2-8(10(9)15)11(16)14-5-7-4-13-6-17-7/h1-4,6,15H,5,12H2,(H,14,16). The number of aromatic nitrogens is 1. The maximum Gasteiger partial charge on any atom is 0.255 e. The molecule has 0 spiro atoms. The van der Waals surface area contributed by atoms with Crippen molar-refractivity contribution in [3.8, 4) is 5.75 Å². The van der Waals surface area contributed by atoms with Crippen LogP contribution in [0.2, 0.25) is 0 Å². The molecule has 6 heteroatoms. The normalized spacial score (nSPS) is 10.1. The van der Waals surface area contributed by atoms with Crippen LogP contribution in [-0.4, -0.2) is 16.0 Å². The van der Waals surface area contributed by atoms with Crippen LogP contribution in [0.15, 0.2) is 29.9 Å². The first-order valence-electron chi connectivity index (χ1n) is 4.91. The molecule has 1 aromatic heterocycles. The van der Waals surface area contributed by atoms with Gasteiger partial charge in [-0.2, -0.15) is 0 Å². The van der Waals surface area contributed by atoms with Gasteiger partial charge in [0.25, 0.3) is 5.91 Å². The van der Waals surface area contributed by atoms with Crippen molar-refractivity contribution < 1.29 is 9.90 Å². The van der Waals surface area contributed by atoms with Crippen LogP contribution in [-0.2, 0) is 6.54 Å². The van der Waals surface area contributed by atoms with E-state index >= 15 is 0 Å². The molecule has 17 heavy (non-hydrogen) atoms. The fraction of sp³-hybridized carbons (Fsp3) is 0.0909. The predicted octanol–water partition coefficient (Wildman–Crippen LogP) is 1.36. The fourth-order valence-electron chi connectivity index (χ4n) is 1.34. The molecule has 1 heterocycles. The lowest BCUT2D eigenvalue weighted by Gasteiger charge is -2.07. The third kappa shape index (κ3) is 2.54. The Bertz CT molecular complexity index is 526. The number of phenols is 1. The van der Waals surface area contributed by atoms with Crippen LogP contribution in [0.3, 0.4) is 0 Å². The molecule has 0 aliphatic carbocycles. The minimum Gasteiger partial charge on any atom is -0.505 e. The number of benzene rings is 1. The monoisotopic (exact) mass is 249 g/mol. The molecule has 0 saturated heterocycles. The van der Waals surface area contributed by atoms with E-state index in [2.05, 4.69) is 10.3 Å². The maximum atomic E-state index is 11.8. The largest absolute Gasteiger partial charge is 0.505 e. The number of carbonyl (C=O) groups excluding carboxylic acids is 1. The summed E-state index contributed by atoms with van der Waals surface area (Å²) in [6.45, 7) is 0.387. The van der Waals surface area contributed by atoms with Gasteiger partial charge in [0.05, 0.1) is 23.3 Å². The molecule has 0 fully saturated rings. The summed E-state index contributed by atoms with van der Waals surface area (Å²) in [7, 11) is 0. The van der Waals surface area contributed by atoms with Crippen molar-refractivity contribution in [3.63, 3.8) is 0 Å². The van der Waals surface area contributed by atoms with Gasteiger partial charge in [0, 0.05) is 11.1 Å². The summed E-state index contributed by atoms with van der Waals surface area (Å²) < 4.78 is 0. The molecule has 0 radical (unpaired) electrons. The van der Waals surface area contributed by atoms with E-state index < -0.39 is 0 Å². The molecule has 1 amide bonds. The van der Waals surface area contributed by atoms with Crippen molar-refractivity contribution in [2.24, 2.45) is 0 Å². The Morgan fingerprint density at radius 3 is 3.06 bits per heavy atom. The van der Waals surface area contributed by atoms with E-state index in [0.29, 0.717) is 6.54 Å². The van der Waals surface area contributed by atoms with Crippen molar-refractivity contribution >= 4 is 22.9 Å². The zero-order valence-electron chi connectivity index (χ0n) is 8.88. The Balaban J connectivity index is 2.07. The summed E-state index contributed by atoms with van der Waals surface area (Å²) in [5, 5.41) is 12.3. The molecular weight excluding hydrogens is 238 g/mol. The van der Waals surface area contributed by atoms with Crippen molar-refractivity contribution in [1.82, 2.24) is 10.3 Å². The predicted molar refractivity (Wildman–Crippen MR) is 65.8 cm³/mol. The highest BCUT2D eigenvalue weighted by atomic mass is 32.1. The second kappa shape index (κ2) is 4.84. The van der Waals surface area contributed by atoms with E-state index in [1.54, 1.807) is 17.8 Å². The van der Waals surface area contributed by atoms with Crippen molar-refractivity contribution in [2.45, 2.75) is 6.54 Å². The van der Waals surface area contributed by atoms with Gasteiger partial charge in [-0.05, 0) is 12.1 Å². The summed E-state index contributed by atoms with van der Waals surface area (Å²) in [4.78, 5) is 16.6. The summed E-state index contributed by atoms with van der Waals surface area (Å²) in [5.74, 6) is -0.544. The van der Waals surface area contributed by atoms with Gasteiger partial charge < -0.3 is 16.2 Å². The maximum absolute atomic E-state index is 11.8. The van der Waals surface area contributed by atoms with Gasteiger partial charge in [-0.25, -0.2) is 0 Å². The van der Waals surface area contributed by atoms with Crippen LogP contribution in [0.4, 0.5) is 5.69 Å². The lowest BCUT2D eigenvalue weighted by molar-refractivity contribution is 0.0948. The van der Waals surface area contributed by atoms with E-state index in [-0.39, 0.29) is 22.9 Å². The SMILES string of the molecule is Nc1cccc(C(=O)NCc2cncs2)c1O. The number of nitrogen functional groups attached to an aromatic ring is 1. The topological polar surface area (TPSA) is 88.2 Å². The second-order valence-corrected chi connectivity index (χ2v) is 4.36. The highest BCUT2D eigenvalue weighted by Gasteiger charge is 2.12. The summed E-state index contributed by atoms with van der Waals surface area (Å²) in [6, 6.07) is 4.68. The van der Waals surface area contributed by atoms with Gasteiger partial charge in [0.15, 0.2) is 5.75 Å². The molecule has 2 aromatic rings. The van der Waals surface area contributed by atoms with Gasteiger partial charge in [0.2, 0.25) is 0 Å². The molecule has 2 rings (SSSR count). The molecule has 0 unspecified atom stereocenters. The first-order valence-corrected chi connectivity index (χ1v) is 5.79. The molecule has 4 N–H and O–H groups in total. The molecule has 0 aliphatic rings. The van der Waals surface area contributed by atoms with E-state index in [0.717, 1.165) is 4.88 Å². The molecular formula is C11H11N3O2S. The summed E-state index contributed by atoms with van der Waals surface area (Å²) >= 11 is 1.45. The van der Waals surface area contributed by atoms with Crippen molar-refractivity contribution in [3.05, 3.63) is 40.3 Å². The fourth-order valence-corrected chi connectivity index (χ4v) is 1.87. The van der Waals surface area contributed by atoms with E-state index in [4.69, 9.17) is 5.73 Å². The number of aromatic hydroxyl groups is 1. The number of rotatable bonds is 3. The van der Waals surface area contributed by atoms with Gasteiger partial charge in [-0.15, -0.1) is 11.3 Å². The van der Waals surface area contributed by atoms with Crippen LogP contribution < -0.4 is 11.1 Å². The van der Waals surface area contributed by atoms with Crippen LogP contribution in [0.1, 0.15) is 15.2 Å². The minimum absolute atomic E-state index is 0.175. The Morgan fingerprint density at radius 1 is 1.53 bits per heavy atom. The van der Waals surface area contributed by atoms with Crippen LogP contribution in [0.5, 0.6) is 5.75 Å². The van der Waals surface area contributed by atoms with Crippen LogP contribution >= 0.6 is 11.3 Å². The van der Waals surface area contributed by atoms with E-state index in [9.17, 15) is 9.90 Å². The number of phenolic OH excluding ortho intramolecular Hbond substituents is 1. The number of nitrogens with zero attached hydrogens (tertiary/aromatic N) is 1. The summed E-state index contributed by atoms with van der Waals surface area (Å²) in [5.41, 5.74) is 7.57. The van der Waals surface area contributed by atoms with Crippen molar-refractivity contribution in [2.75, 3.05) is 5.73 Å². The molecule has 88 valence electrons. The number of nitrogens with two attached hydrogens (primary N) is 1. The molecule has 5 nitrogen and oxygen atoms in total. The van der Waals surface area contributed by atoms with Gasteiger partial charge >= 0.3 is 0 Å². The average molecular weight is 249 g/mol. The number of para-hydroxylation sites is 1. The molecule has 0 aliphatic heterocycles. The molecule has 0 atom stereocenters. The van der Waals surface area contributed by atoms with Crippen molar-refractivity contribution in [1.29, 1.82) is 0 Å². The third-order valence-corrected chi connectivity index (χ3v) is 3.00. The molecule has 0 saturated carbocycles. The number of hydrogen-bond donors (Lipinski definition) is 3. The number of thiazole rings is 1. The molecule has 0 bridgehead atoms. The molecule has 1 aromatic carbocycles. The minimum atomic E-state index is -0.358. The van der Waals surface area contributed by atoms with E-state index in [1.165, 1.54) is 23.5 Å². The first kappa shape index (κ1) is 11.4. The smallest absolute Gasteiger partial charge is 0.255 e. The second-order valence-electron chi connectivity index (χ2n) is 3.39. The quantitative estimate of drug-likeness (QED) is 0.566. The van der Waals surface area contributed by atoms with Crippen LogP contribution in [0, 0.1) is 0 Å². The lowest BCUT2D eigenvalue weighted by atomic mass is 10.1. The third-order valence-electron chi connectivity index (χ3n) is 2.22. The number of amides is 1. The van der Waals surface area contributed by atoms with Crippen LogP contribution in [0.25, 0.3) is 0 Å². The highest BCUT2D eigenvalue weighted by Crippen LogP contribution is 2.24. The lowest BCUT2D eigenvalue weighted by Crippen LogP contribution is -2.22. The van der Waals surface area contributed by atoms with Gasteiger partial charge in [-0.1, -0.05) is 6.07 Å². The highest BCUT2D eigenvalue weighted by molar-refractivity contribution is 7.09. The van der Waals surface area contributed by atoms with Gasteiger partial charge in [0.1, 0.15) is 0 Å². The zero-order valence-corrected chi connectivity index (χ0v) is 9.70. The first-order chi connectivity index (χ1) is 8.18. The Hall–Kier alpha value is -2.08. The zero-order chi connectivity index (χ0) is 12.3. The Labute approximate surface area is 102 Å². The summed E-state index contributed by atoms with van der Waals surface area (Å²) in [6.07, 6.45) is 1.68. The number of hydrogen-bond acceptors (Lipinski definition) is 5. The number of anilines is 1. The average Bonchev–Trinajstić information content (AvgIpc) is 2.82. The Morgan fingerprint density at radius 2 is 2.35 bits per heavy atom. The van der Waals surface area contributed by atoms with Gasteiger partial charge in [-0.3, -0.25) is 9.78 Å².